The molecule has 3 unspecified atom stereocenters. The Bertz CT molecular complexity index is 1120. The molecule has 0 radical (unpaired) electrons. The number of fused-ring (bicyclic) bond motifs is 4. The highest BCUT2D eigenvalue weighted by Gasteiger charge is 2.44. The summed E-state index contributed by atoms with van der Waals surface area (Å²) in [5.74, 6) is 1.69. The number of nitrogens with zero attached hydrogens (tertiary/aromatic N) is 1. The Morgan fingerprint density at radius 3 is 2.42 bits per heavy atom. The van der Waals surface area contributed by atoms with Crippen molar-refractivity contribution in [3.63, 3.8) is 0 Å². The van der Waals surface area contributed by atoms with E-state index in [2.05, 4.69) is 59.1 Å². The molecule has 158 valence electrons. The smallest absolute Gasteiger partial charge is 0.231 e. The van der Waals surface area contributed by atoms with Gasteiger partial charge < -0.3 is 14.4 Å². The van der Waals surface area contributed by atoms with Gasteiger partial charge in [0.25, 0.3) is 0 Å². The first-order valence-electron chi connectivity index (χ1n) is 10.7. The highest BCUT2D eigenvalue weighted by Crippen LogP contribution is 2.49. The van der Waals surface area contributed by atoms with Crippen molar-refractivity contribution in [2.45, 2.75) is 25.6 Å². The van der Waals surface area contributed by atoms with Crippen LogP contribution >= 0.6 is 0 Å². The topological polar surface area (TPSA) is 45.8 Å². The van der Waals surface area contributed by atoms with Gasteiger partial charge >= 0.3 is 0 Å². The molecule has 0 bridgehead atoms. The Labute approximate surface area is 180 Å². The van der Waals surface area contributed by atoms with Gasteiger partial charge in [0, 0.05) is 30.8 Å². The van der Waals surface area contributed by atoms with E-state index in [-0.39, 0.29) is 24.7 Å². The van der Waals surface area contributed by atoms with Crippen molar-refractivity contribution in [2.24, 2.45) is 5.92 Å². The predicted molar refractivity (Wildman–Crippen MR) is 116 cm³/mol. The molecule has 0 aromatic heterocycles. The van der Waals surface area contributed by atoms with E-state index in [0.717, 1.165) is 29.3 Å². The highest BCUT2D eigenvalue weighted by atomic mass is 19.1. The monoisotopic (exact) mass is 417 g/mol. The number of halogens is 1. The van der Waals surface area contributed by atoms with Crippen LogP contribution < -0.4 is 25.2 Å². The molecular formula is C25H24FN3O2. The van der Waals surface area contributed by atoms with E-state index < -0.39 is 0 Å². The van der Waals surface area contributed by atoms with Gasteiger partial charge in [-0.05, 0) is 41.8 Å². The molecule has 6 rings (SSSR count). The van der Waals surface area contributed by atoms with Crippen molar-refractivity contribution in [1.82, 2.24) is 10.9 Å². The summed E-state index contributed by atoms with van der Waals surface area (Å²) < 4.78 is 24.8. The van der Waals surface area contributed by atoms with Crippen LogP contribution in [0.15, 0.2) is 60.7 Å². The minimum Gasteiger partial charge on any atom is -0.454 e. The van der Waals surface area contributed by atoms with E-state index >= 15 is 0 Å². The number of anilines is 1. The molecule has 0 aliphatic carbocycles. The lowest BCUT2D eigenvalue weighted by atomic mass is 9.81. The molecule has 1 saturated heterocycles. The van der Waals surface area contributed by atoms with E-state index in [1.165, 1.54) is 28.8 Å². The van der Waals surface area contributed by atoms with Gasteiger partial charge in [0.15, 0.2) is 11.5 Å². The van der Waals surface area contributed by atoms with Crippen LogP contribution in [-0.2, 0) is 6.54 Å². The Morgan fingerprint density at radius 1 is 0.935 bits per heavy atom. The van der Waals surface area contributed by atoms with E-state index in [9.17, 15) is 4.39 Å². The SMILES string of the molecule is Cc1ccc(C2NNC3c4cc5c(cc4N(Cc4ccc(F)cc4)CC23)OCO5)cc1. The first kappa shape index (κ1) is 18.7. The number of rotatable bonds is 3. The molecule has 2 N–H and O–H groups in total. The van der Waals surface area contributed by atoms with Crippen LogP contribution in [0.25, 0.3) is 0 Å². The van der Waals surface area contributed by atoms with E-state index in [0.29, 0.717) is 12.5 Å². The van der Waals surface area contributed by atoms with Crippen molar-refractivity contribution < 1.29 is 13.9 Å². The zero-order valence-electron chi connectivity index (χ0n) is 17.3. The van der Waals surface area contributed by atoms with Crippen molar-refractivity contribution in [2.75, 3.05) is 18.2 Å². The molecule has 3 atom stereocenters. The summed E-state index contributed by atoms with van der Waals surface area (Å²) in [6.07, 6.45) is 0. The number of hydrazine groups is 1. The van der Waals surface area contributed by atoms with Gasteiger partial charge in [0.05, 0.1) is 12.1 Å². The van der Waals surface area contributed by atoms with Crippen molar-refractivity contribution in [3.05, 3.63) is 88.7 Å². The fourth-order valence-electron chi connectivity index (χ4n) is 4.99. The van der Waals surface area contributed by atoms with Gasteiger partial charge in [-0.25, -0.2) is 15.2 Å². The summed E-state index contributed by atoms with van der Waals surface area (Å²) in [6, 6.07) is 20.1. The molecule has 31 heavy (non-hydrogen) atoms. The molecule has 3 aromatic carbocycles. The second kappa shape index (κ2) is 7.25. The average Bonchev–Trinajstić information content (AvgIpc) is 3.41. The average molecular weight is 417 g/mol. The lowest BCUT2D eigenvalue weighted by molar-refractivity contribution is 0.174. The zero-order valence-corrected chi connectivity index (χ0v) is 17.3. The van der Waals surface area contributed by atoms with Gasteiger partial charge in [-0.2, -0.15) is 0 Å². The summed E-state index contributed by atoms with van der Waals surface area (Å²) in [4.78, 5) is 2.38. The Kier molecular flexibility index (Phi) is 4.37. The predicted octanol–water partition coefficient (Wildman–Crippen LogP) is 4.39. The van der Waals surface area contributed by atoms with Gasteiger partial charge in [0.1, 0.15) is 5.82 Å². The molecule has 3 aromatic rings. The zero-order chi connectivity index (χ0) is 20.9. The van der Waals surface area contributed by atoms with E-state index in [1.54, 1.807) is 0 Å². The van der Waals surface area contributed by atoms with Crippen LogP contribution in [0.3, 0.4) is 0 Å². The second-order valence-corrected chi connectivity index (χ2v) is 8.59. The maximum atomic E-state index is 13.4. The summed E-state index contributed by atoms with van der Waals surface area (Å²) in [6.45, 7) is 3.93. The van der Waals surface area contributed by atoms with Crippen LogP contribution in [0.1, 0.15) is 34.3 Å². The van der Waals surface area contributed by atoms with Crippen LogP contribution in [0.4, 0.5) is 10.1 Å². The molecule has 3 aliphatic heterocycles. The third kappa shape index (κ3) is 3.23. The molecule has 5 nitrogen and oxygen atoms in total. The van der Waals surface area contributed by atoms with Crippen molar-refractivity contribution >= 4 is 5.69 Å². The van der Waals surface area contributed by atoms with Crippen LogP contribution in [-0.4, -0.2) is 13.3 Å². The minimum atomic E-state index is -0.213. The fourth-order valence-corrected chi connectivity index (χ4v) is 4.99. The first-order valence-corrected chi connectivity index (χ1v) is 10.7. The number of aryl methyl sites for hydroxylation is 1. The first-order chi connectivity index (χ1) is 15.2. The van der Waals surface area contributed by atoms with Crippen LogP contribution in [0, 0.1) is 18.7 Å². The molecule has 6 heteroatoms. The molecule has 0 spiro atoms. The number of nitrogens with one attached hydrogen (secondary N) is 2. The number of benzene rings is 3. The lowest BCUT2D eigenvalue weighted by Crippen LogP contribution is -2.39. The molecule has 0 saturated carbocycles. The van der Waals surface area contributed by atoms with Crippen LogP contribution in [0.5, 0.6) is 11.5 Å². The van der Waals surface area contributed by atoms with Gasteiger partial charge in [-0.15, -0.1) is 0 Å². The van der Waals surface area contributed by atoms with Gasteiger partial charge in [-0.1, -0.05) is 42.0 Å². The van der Waals surface area contributed by atoms with Crippen molar-refractivity contribution in [1.29, 1.82) is 0 Å². The number of hydrogen-bond acceptors (Lipinski definition) is 5. The summed E-state index contributed by atoms with van der Waals surface area (Å²) >= 11 is 0. The van der Waals surface area contributed by atoms with Crippen LogP contribution in [0.2, 0.25) is 0 Å². The molecule has 3 heterocycles. The largest absolute Gasteiger partial charge is 0.454 e. The number of hydrogen-bond donors (Lipinski definition) is 2. The molecule has 0 amide bonds. The third-order valence-electron chi connectivity index (χ3n) is 6.60. The summed E-state index contributed by atoms with van der Waals surface area (Å²) in [5, 5.41) is 0. The number of ether oxygens (including phenoxy) is 2. The van der Waals surface area contributed by atoms with Gasteiger partial charge in [0.2, 0.25) is 6.79 Å². The Morgan fingerprint density at radius 2 is 1.65 bits per heavy atom. The Hall–Kier alpha value is -3.09. The maximum Gasteiger partial charge on any atom is 0.231 e. The lowest BCUT2D eigenvalue weighted by Gasteiger charge is -2.39. The summed E-state index contributed by atoms with van der Waals surface area (Å²) in [7, 11) is 0. The quantitative estimate of drug-likeness (QED) is 0.662. The van der Waals surface area contributed by atoms with E-state index in [4.69, 9.17) is 9.47 Å². The standard InChI is InChI=1S/C25H24FN3O2/c1-15-2-6-17(7-3-15)24-20-13-29(12-16-4-8-18(26)9-5-16)21-11-23-22(30-14-31-23)10-19(21)25(20)28-27-24/h2-11,20,24-25,27-28H,12-14H2,1H3. The third-order valence-corrected chi connectivity index (χ3v) is 6.60. The van der Waals surface area contributed by atoms with Crippen molar-refractivity contribution in [3.8, 4) is 11.5 Å². The molecule has 3 aliphatic rings. The summed E-state index contributed by atoms with van der Waals surface area (Å²) in [5.41, 5.74) is 13.0. The second-order valence-electron chi connectivity index (χ2n) is 8.59. The van der Waals surface area contributed by atoms with E-state index in [1.807, 2.05) is 12.1 Å². The fraction of sp³-hybridized carbons (Fsp3) is 0.280. The highest BCUT2D eigenvalue weighted by molar-refractivity contribution is 5.66. The normalized spacial score (nSPS) is 23.5. The maximum absolute atomic E-state index is 13.4. The Balaban J connectivity index is 1.39. The van der Waals surface area contributed by atoms with Gasteiger partial charge in [-0.3, -0.25) is 0 Å². The minimum absolute atomic E-state index is 0.167. The molecular weight excluding hydrogens is 393 g/mol. The molecule has 1 fully saturated rings.